The van der Waals surface area contributed by atoms with Crippen molar-refractivity contribution in [2.24, 2.45) is 0 Å². The summed E-state index contributed by atoms with van der Waals surface area (Å²) in [5, 5.41) is 8.68. The summed E-state index contributed by atoms with van der Waals surface area (Å²) >= 11 is 0. The Morgan fingerprint density at radius 2 is 2.00 bits per heavy atom. The molecule has 1 fully saturated rings. The Bertz CT molecular complexity index is 210. The molecule has 4 nitrogen and oxygen atoms in total. The molecule has 1 aliphatic carbocycles. The molecule has 12 heavy (non-hydrogen) atoms. The number of carboxylic acid groups (broad SMARTS) is 1. The molecule has 1 atom stereocenters. The SMILES string of the molecule is CC(=O)N(C1CC1)[C@@H](C)C(=O)O. The van der Waals surface area contributed by atoms with E-state index in [0.717, 1.165) is 12.8 Å². The molecule has 0 unspecified atom stereocenters. The maximum atomic E-state index is 11.0. The number of hydrogen-bond donors (Lipinski definition) is 1. The molecule has 1 saturated carbocycles. The Hall–Kier alpha value is -1.06. The second-order valence-electron chi connectivity index (χ2n) is 3.17. The number of rotatable bonds is 3. The normalized spacial score (nSPS) is 18.5. The van der Waals surface area contributed by atoms with Crippen LogP contribution in [0.25, 0.3) is 0 Å². The van der Waals surface area contributed by atoms with E-state index >= 15 is 0 Å². The first-order valence-electron chi connectivity index (χ1n) is 4.05. The van der Waals surface area contributed by atoms with Crippen LogP contribution in [0.1, 0.15) is 26.7 Å². The van der Waals surface area contributed by atoms with Crippen molar-refractivity contribution in [1.29, 1.82) is 0 Å². The first-order valence-corrected chi connectivity index (χ1v) is 4.05. The van der Waals surface area contributed by atoms with Crippen LogP contribution in [0, 0.1) is 0 Å². The molecule has 1 amide bonds. The lowest BCUT2D eigenvalue weighted by Crippen LogP contribution is -2.43. The minimum atomic E-state index is -0.933. The molecule has 1 N–H and O–H groups in total. The number of carbonyl (C=O) groups is 2. The van der Waals surface area contributed by atoms with E-state index in [1.165, 1.54) is 11.8 Å². The van der Waals surface area contributed by atoms with Crippen LogP contribution < -0.4 is 0 Å². The Morgan fingerprint density at radius 3 is 2.25 bits per heavy atom. The largest absolute Gasteiger partial charge is 0.480 e. The van der Waals surface area contributed by atoms with Crippen LogP contribution in [0.2, 0.25) is 0 Å². The van der Waals surface area contributed by atoms with Crippen molar-refractivity contribution in [2.75, 3.05) is 0 Å². The second-order valence-corrected chi connectivity index (χ2v) is 3.17. The predicted molar refractivity (Wildman–Crippen MR) is 42.6 cm³/mol. The molecule has 0 spiro atoms. The first-order chi connectivity index (χ1) is 5.54. The van der Waals surface area contributed by atoms with Crippen LogP contribution in [0.4, 0.5) is 0 Å². The van der Waals surface area contributed by atoms with E-state index in [-0.39, 0.29) is 11.9 Å². The smallest absolute Gasteiger partial charge is 0.326 e. The Balaban J connectivity index is 2.64. The molecule has 0 aromatic heterocycles. The van der Waals surface area contributed by atoms with Crippen LogP contribution in [0.5, 0.6) is 0 Å². The summed E-state index contributed by atoms with van der Waals surface area (Å²) in [6.07, 6.45) is 1.88. The Kier molecular flexibility index (Phi) is 2.35. The fourth-order valence-electron chi connectivity index (χ4n) is 1.32. The third-order valence-electron chi connectivity index (χ3n) is 2.08. The summed E-state index contributed by atoms with van der Waals surface area (Å²) in [4.78, 5) is 23.1. The minimum Gasteiger partial charge on any atom is -0.480 e. The van der Waals surface area contributed by atoms with Gasteiger partial charge in [-0.25, -0.2) is 4.79 Å². The van der Waals surface area contributed by atoms with Gasteiger partial charge in [0.15, 0.2) is 0 Å². The molecular weight excluding hydrogens is 158 g/mol. The summed E-state index contributed by atoms with van der Waals surface area (Å²) in [6.45, 7) is 2.96. The van der Waals surface area contributed by atoms with Gasteiger partial charge in [0.05, 0.1) is 0 Å². The van der Waals surface area contributed by atoms with Crippen LogP contribution in [-0.4, -0.2) is 34.0 Å². The van der Waals surface area contributed by atoms with Crippen LogP contribution in [0.15, 0.2) is 0 Å². The number of hydrogen-bond acceptors (Lipinski definition) is 2. The van der Waals surface area contributed by atoms with E-state index in [1.54, 1.807) is 6.92 Å². The monoisotopic (exact) mass is 171 g/mol. The highest BCUT2D eigenvalue weighted by molar-refractivity contribution is 5.82. The Morgan fingerprint density at radius 1 is 1.50 bits per heavy atom. The zero-order chi connectivity index (χ0) is 9.30. The van der Waals surface area contributed by atoms with Crippen LogP contribution in [-0.2, 0) is 9.59 Å². The third kappa shape index (κ3) is 1.75. The van der Waals surface area contributed by atoms with Crippen molar-refractivity contribution in [2.45, 2.75) is 38.8 Å². The molecule has 1 rings (SSSR count). The topological polar surface area (TPSA) is 57.6 Å². The molecule has 1 aliphatic rings. The molecule has 4 heteroatoms. The fourth-order valence-corrected chi connectivity index (χ4v) is 1.32. The lowest BCUT2D eigenvalue weighted by Gasteiger charge is -2.24. The van der Waals surface area contributed by atoms with Crippen molar-refractivity contribution < 1.29 is 14.7 Å². The zero-order valence-corrected chi connectivity index (χ0v) is 7.28. The highest BCUT2D eigenvalue weighted by atomic mass is 16.4. The number of carbonyl (C=O) groups excluding carboxylic acids is 1. The third-order valence-corrected chi connectivity index (χ3v) is 2.08. The van der Waals surface area contributed by atoms with Gasteiger partial charge in [0.2, 0.25) is 5.91 Å². The van der Waals surface area contributed by atoms with Crippen molar-refractivity contribution in [3.63, 3.8) is 0 Å². The van der Waals surface area contributed by atoms with Crippen molar-refractivity contribution in [1.82, 2.24) is 4.90 Å². The summed E-state index contributed by atoms with van der Waals surface area (Å²) in [5.74, 6) is -1.08. The minimum absolute atomic E-state index is 0.146. The molecule has 0 radical (unpaired) electrons. The van der Waals surface area contributed by atoms with E-state index in [1.807, 2.05) is 0 Å². The number of nitrogens with zero attached hydrogens (tertiary/aromatic N) is 1. The van der Waals surface area contributed by atoms with Gasteiger partial charge in [0.1, 0.15) is 6.04 Å². The van der Waals surface area contributed by atoms with Gasteiger partial charge in [-0.2, -0.15) is 0 Å². The standard InChI is InChI=1S/C8H13NO3/c1-5(8(11)12)9(6(2)10)7-3-4-7/h5,7H,3-4H2,1-2H3,(H,11,12)/t5-/m0/s1. The van der Waals surface area contributed by atoms with Crippen molar-refractivity contribution in [3.8, 4) is 0 Å². The van der Waals surface area contributed by atoms with Gasteiger partial charge in [-0.05, 0) is 19.8 Å². The molecule has 0 aromatic carbocycles. The van der Waals surface area contributed by atoms with Gasteiger partial charge in [-0.1, -0.05) is 0 Å². The molecule has 0 aliphatic heterocycles. The summed E-state index contributed by atoms with van der Waals surface area (Å²) in [7, 11) is 0. The average Bonchev–Trinajstić information content (AvgIpc) is 2.70. The lowest BCUT2D eigenvalue weighted by molar-refractivity contribution is -0.149. The summed E-state index contributed by atoms with van der Waals surface area (Å²) < 4.78 is 0. The van der Waals surface area contributed by atoms with E-state index in [9.17, 15) is 9.59 Å². The fraction of sp³-hybridized carbons (Fsp3) is 0.750. The van der Waals surface area contributed by atoms with Crippen molar-refractivity contribution in [3.05, 3.63) is 0 Å². The zero-order valence-electron chi connectivity index (χ0n) is 7.28. The molecule has 68 valence electrons. The molecule has 0 saturated heterocycles. The first kappa shape index (κ1) is 9.03. The van der Waals surface area contributed by atoms with Gasteiger partial charge < -0.3 is 10.0 Å². The maximum absolute atomic E-state index is 11.0. The second kappa shape index (κ2) is 3.13. The van der Waals surface area contributed by atoms with E-state index in [0.29, 0.717) is 0 Å². The van der Waals surface area contributed by atoms with Crippen molar-refractivity contribution >= 4 is 11.9 Å². The quantitative estimate of drug-likeness (QED) is 0.671. The van der Waals surface area contributed by atoms with Crippen LogP contribution >= 0.6 is 0 Å². The lowest BCUT2D eigenvalue weighted by atomic mass is 10.2. The highest BCUT2D eigenvalue weighted by Gasteiger charge is 2.36. The van der Waals surface area contributed by atoms with E-state index < -0.39 is 12.0 Å². The molecular formula is C8H13NO3. The van der Waals surface area contributed by atoms with Gasteiger partial charge in [-0.15, -0.1) is 0 Å². The average molecular weight is 171 g/mol. The molecule has 0 heterocycles. The van der Waals surface area contributed by atoms with E-state index in [4.69, 9.17) is 5.11 Å². The van der Waals surface area contributed by atoms with Gasteiger partial charge in [0, 0.05) is 13.0 Å². The summed E-state index contributed by atoms with van der Waals surface area (Å²) in [6, 6.07) is -0.511. The number of amides is 1. The predicted octanol–water partition coefficient (Wildman–Crippen LogP) is 0.470. The molecule has 0 aromatic rings. The maximum Gasteiger partial charge on any atom is 0.326 e. The number of carboxylic acids is 1. The highest BCUT2D eigenvalue weighted by Crippen LogP contribution is 2.28. The van der Waals surface area contributed by atoms with Crippen LogP contribution in [0.3, 0.4) is 0 Å². The van der Waals surface area contributed by atoms with Gasteiger partial charge in [-0.3, -0.25) is 4.79 Å². The van der Waals surface area contributed by atoms with E-state index in [2.05, 4.69) is 0 Å². The van der Waals surface area contributed by atoms with Gasteiger partial charge >= 0.3 is 5.97 Å². The number of aliphatic carboxylic acids is 1. The molecule has 0 bridgehead atoms. The Labute approximate surface area is 71.2 Å². The van der Waals surface area contributed by atoms with Gasteiger partial charge in [0.25, 0.3) is 0 Å². The summed E-state index contributed by atoms with van der Waals surface area (Å²) in [5.41, 5.74) is 0.